The van der Waals surface area contributed by atoms with E-state index < -0.39 is 0 Å². The molecule has 0 radical (unpaired) electrons. The fourth-order valence-corrected chi connectivity index (χ4v) is 3.38. The average molecular weight is 407 g/mol. The third-order valence-electron chi connectivity index (χ3n) is 5.26. The standard InChI is InChI=1S/C22H38N4O3/c1-23-22(24-12-5-13-29-17-18-10-14-28-15-11-18)25-16-21(26(2)3)19-6-8-20(27-4)9-7-19/h6-9,18,21H,5,10-17H2,1-4H3,(H2,23,24,25). The normalized spacial score (nSPS) is 16.7. The SMILES string of the molecule is CN=C(NCCCOCC1CCOCC1)NCC(c1ccc(OC)cc1)N(C)C. The molecule has 1 aliphatic heterocycles. The van der Waals surface area contributed by atoms with Gasteiger partial charge in [-0.05, 0) is 57.0 Å². The molecule has 7 heteroatoms. The number of likely N-dealkylation sites (N-methyl/N-ethyl adjacent to an activating group) is 1. The van der Waals surface area contributed by atoms with E-state index in [1.165, 1.54) is 5.56 Å². The first-order chi connectivity index (χ1) is 14.1. The first kappa shape index (κ1) is 23.4. The van der Waals surface area contributed by atoms with Gasteiger partial charge in [-0.2, -0.15) is 0 Å². The lowest BCUT2D eigenvalue weighted by molar-refractivity contribution is 0.0203. The molecule has 1 atom stereocenters. The summed E-state index contributed by atoms with van der Waals surface area (Å²) in [5.41, 5.74) is 1.24. The molecule has 1 heterocycles. The molecule has 0 aliphatic carbocycles. The molecular weight excluding hydrogens is 368 g/mol. The van der Waals surface area contributed by atoms with Crippen LogP contribution >= 0.6 is 0 Å². The van der Waals surface area contributed by atoms with E-state index >= 15 is 0 Å². The number of nitrogens with zero attached hydrogens (tertiary/aromatic N) is 2. The highest BCUT2D eigenvalue weighted by molar-refractivity contribution is 5.79. The molecule has 29 heavy (non-hydrogen) atoms. The minimum Gasteiger partial charge on any atom is -0.497 e. The summed E-state index contributed by atoms with van der Waals surface area (Å²) in [6, 6.07) is 8.45. The number of methoxy groups -OCH3 is 1. The van der Waals surface area contributed by atoms with E-state index in [0.29, 0.717) is 5.92 Å². The fourth-order valence-electron chi connectivity index (χ4n) is 3.38. The van der Waals surface area contributed by atoms with Crippen LogP contribution in [0.1, 0.15) is 30.9 Å². The summed E-state index contributed by atoms with van der Waals surface area (Å²) in [6.07, 6.45) is 3.20. The molecule has 1 aromatic carbocycles. The first-order valence-electron chi connectivity index (χ1n) is 10.5. The number of guanidine groups is 1. The topological polar surface area (TPSA) is 67.4 Å². The molecular formula is C22H38N4O3. The van der Waals surface area contributed by atoms with Crippen molar-refractivity contribution in [3.05, 3.63) is 29.8 Å². The Kier molecular flexibility index (Phi) is 10.8. The monoisotopic (exact) mass is 406 g/mol. The quantitative estimate of drug-likeness (QED) is 0.334. The third-order valence-corrected chi connectivity index (χ3v) is 5.26. The number of hydrogen-bond acceptors (Lipinski definition) is 5. The molecule has 0 saturated carbocycles. The lowest BCUT2D eigenvalue weighted by Gasteiger charge is -2.26. The highest BCUT2D eigenvalue weighted by Crippen LogP contribution is 2.20. The van der Waals surface area contributed by atoms with Crippen LogP contribution in [-0.2, 0) is 9.47 Å². The summed E-state index contributed by atoms with van der Waals surface area (Å²) in [6.45, 7) is 4.97. The van der Waals surface area contributed by atoms with Crippen LogP contribution in [0.15, 0.2) is 29.3 Å². The van der Waals surface area contributed by atoms with Crippen molar-refractivity contribution < 1.29 is 14.2 Å². The number of hydrogen-bond donors (Lipinski definition) is 2. The van der Waals surface area contributed by atoms with Crippen LogP contribution in [0.3, 0.4) is 0 Å². The Hall–Kier alpha value is -1.83. The number of ether oxygens (including phenoxy) is 3. The molecule has 1 aromatic rings. The summed E-state index contributed by atoms with van der Waals surface area (Å²) in [7, 11) is 7.66. The predicted octanol–water partition coefficient (Wildman–Crippen LogP) is 2.30. The lowest BCUT2D eigenvalue weighted by atomic mass is 10.0. The second-order valence-electron chi connectivity index (χ2n) is 7.62. The minimum atomic E-state index is 0.238. The third kappa shape index (κ3) is 8.60. The van der Waals surface area contributed by atoms with Gasteiger partial charge < -0.3 is 29.7 Å². The minimum absolute atomic E-state index is 0.238. The maximum Gasteiger partial charge on any atom is 0.191 e. The van der Waals surface area contributed by atoms with Crippen molar-refractivity contribution in [3.63, 3.8) is 0 Å². The van der Waals surface area contributed by atoms with E-state index in [1.807, 2.05) is 12.1 Å². The van der Waals surface area contributed by atoms with Crippen molar-refractivity contribution in [2.24, 2.45) is 10.9 Å². The first-order valence-corrected chi connectivity index (χ1v) is 10.5. The van der Waals surface area contributed by atoms with E-state index in [1.54, 1.807) is 14.2 Å². The van der Waals surface area contributed by atoms with E-state index in [2.05, 4.69) is 46.8 Å². The van der Waals surface area contributed by atoms with Crippen LogP contribution in [0.5, 0.6) is 5.75 Å². The van der Waals surface area contributed by atoms with E-state index in [9.17, 15) is 0 Å². The second kappa shape index (κ2) is 13.4. The summed E-state index contributed by atoms with van der Waals surface area (Å²) < 4.78 is 16.5. The molecule has 1 fully saturated rings. The number of aliphatic imine (C=N–C) groups is 1. The largest absolute Gasteiger partial charge is 0.497 e. The lowest BCUT2D eigenvalue weighted by Crippen LogP contribution is -2.42. The van der Waals surface area contributed by atoms with Gasteiger partial charge in [0.05, 0.1) is 13.2 Å². The van der Waals surface area contributed by atoms with Gasteiger partial charge >= 0.3 is 0 Å². The molecule has 0 bridgehead atoms. The van der Waals surface area contributed by atoms with Gasteiger partial charge in [-0.25, -0.2) is 0 Å². The molecule has 7 nitrogen and oxygen atoms in total. The molecule has 1 saturated heterocycles. The van der Waals surface area contributed by atoms with Crippen molar-refractivity contribution >= 4 is 5.96 Å². The number of nitrogens with one attached hydrogen (secondary N) is 2. The van der Waals surface area contributed by atoms with Crippen LogP contribution in [0.4, 0.5) is 0 Å². The van der Waals surface area contributed by atoms with Crippen molar-refractivity contribution in [3.8, 4) is 5.75 Å². The van der Waals surface area contributed by atoms with E-state index in [-0.39, 0.29) is 6.04 Å². The second-order valence-corrected chi connectivity index (χ2v) is 7.62. The maximum absolute atomic E-state index is 5.82. The maximum atomic E-state index is 5.82. The van der Waals surface area contributed by atoms with Gasteiger partial charge in [-0.1, -0.05) is 12.1 Å². The van der Waals surface area contributed by atoms with Crippen LogP contribution in [0, 0.1) is 5.92 Å². The Morgan fingerprint density at radius 2 is 1.93 bits per heavy atom. The summed E-state index contributed by atoms with van der Waals surface area (Å²) in [5, 5.41) is 6.80. The Balaban J connectivity index is 1.66. The van der Waals surface area contributed by atoms with Crippen molar-refractivity contribution in [2.75, 3.05) is 67.8 Å². The molecule has 164 valence electrons. The smallest absolute Gasteiger partial charge is 0.191 e. The Bertz CT molecular complexity index is 586. The van der Waals surface area contributed by atoms with E-state index in [4.69, 9.17) is 14.2 Å². The molecule has 0 amide bonds. The van der Waals surface area contributed by atoms with E-state index in [0.717, 1.165) is 70.5 Å². The summed E-state index contributed by atoms with van der Waals surface area (Å²) >= 11 is 0. The molecule has 2 N–H and O–H groups in total. The van der Waals surface area contributed by atoms with Gasteiger partial charge in [0.1, 0.15) is 5.75 Å². The van der Waals surface area contributed by atoms with Gasteiger partial charge in [0, 0.05) is 46.6 Å². The van der Waals surface area contributed by atoms with Crippen LogP contribution in [0.25, 0.3) is 0 Å². The number of benzene rings is 1. The Labute approximate surface area is 175 Å². The molecule has 1 unspecified atom stereocenters. The van der Waals surface area contributed by atoms with Crippen molar-refractivity contribution in [1.82, 2.24) is 15.5 Å². The highest BCUT2D eigenvalue weighted by atomic mass is 16.5. The Morgan fingerprint density at radius 3 is 2.55 bits per heavy atom. The zero-order chi connectivity index (χ0) is 20.9. The van der Waals surface area contributed by atoms with Gasteiger partial charge in [0.25, 0.3) is 0 Å². The molecule has 2 rings (SSSR count). The van der Waals surface area contributed by atoms with Gasteiger partial charge in [-0.15, -0.1) is 0 Å². The predicted molar refractivity (Wildman–Crippen MR) is 118 cm³/mol. The molecule has 0 aromatic heterocycles. The molecule has 1 aliphatic rings. The van der Waals surface area contributed by atoms with Crippen LogP contribution in [-0.4, -0.2) is 78.6 Å². The van der Waals surface area contributed by atoms with Gasteiger partial charge in [-0.3, -0.25) is 4.99 Å². The van der Waals surface area contributed by atoms with Crippen molar-refractivity contribution in [2.45, 2.75) is 25.3 Å². The van der Waals surface area contributed by atoms with Crippen molar-refractivity contribution in [1.29, 1.82) is 0 Å². The summed E-state index contributed by atoms with van der Waals surface area (Å²) in [5.74, 6) is 2.34. The number of rotatable bonds is 11. The zero-order valence-corrected chi connectivity index (χ0v) is 18.4. The zero-order valence-electron chi connectivity index (χ0n) is 18.4. The fraction of sp³-hybridized carbons (Fsp3) is 0.682. The summed E-state index contributed by atoms with van der Waals surface area (Å²) in [4.78, 5) is 6.53. The Morgan fingerprint density at radius 1 is 1.21 bits per heavy atom. The van der Waals surface area contributed by atoms with Gasteiger partial charge in [0.2, 0.25) is 0 Å². The van der Waals surface area contributed by atoms with Crippen LogP contribution in [0.2, 0.25) is 0 Å². The average Bonchev–Trinajstić information content (AvgIpc) is 2.75. The highest BCUT2D eigenvalue weighted by Gasteiger charge is 2.15. The van der Waals surface area contributed by atoms with Gasteiger partial charge in [0.15, 0.2) is 5.96 Å². The van der Waals surface area contributed by atoms with Crippen LogP contribution < -0.4 is 15.4 Å². The molecule has 0 spiro atoms.